The molecule has 2 rings (SSSR count). The van der Waals surface area contributed by atoms with Crippen LogP contribution in [0.25, 0.3) is 5.69 Å². The summed E-state index contributed by atoms with van der Waals surface area (Å²) in [6, 6.07) is 7.42. The number of rotatable bonds is 3. The van der Waals surface area contributed by atoms with Crippen LogP contribution in [0, 0.1) is 0 Å². The summed E-state index contributed by atoms with van der Waals surface area (Å²) >= 11 is 0. The standard InChI is InChI=1S/C11H12N2O2/c1-15-11-7-10(4-3-9(11)8-14)13-6-2-5-12-13/h2-7,14H,8H2,1H3. The fourth-order valence-electron chi connectivity index (χ4n) is 1.43. The van der Waals surface area contributed by atoms with E-state index in [9.17, 15) is 0 Å². The van der Waals surface area contributed by atoms with Crippen LogP contribution < -0.4 is 4.74 Å². The van der Waals surface area contributed by atoms with Crippen molar-refractivity contribution < 1.29 is 9.84 Å². The topological polar surface area (TPSA) is 47.3 Å². The summed E-state index contributed by atoms with van der Waals surface area (Å²) in [6.07, 6.45) is 3.57. The van der Waals surface area contributed by atoms with Crippen molar-refractivity contribution in [1.29, 1.82) is 0 Å². The molecule has 4 heteroatoms. The fourth-order valence-corrected chi connectivity index (χ4v) is 1.43. The number of ether oxygens (including phenoxy) is 1. The number of aliphatic hydroxyl groups excluding tert-OH is 1. The van der Waals surface area contributed by atoms with Gasteiger partial charge in [-0.15, -0.1) is 0 Å². The molecule has 1 heterocycles. The quantitative estimate of drug-likeness (QED) is 0.821. The lowest BCUT2D eigenvalue weighted by atomic mass is 10.2. The minimum Gasteiger partial charge on any atom is -0.496 e. The predicted molar refractivity (Wildman–Crippen MR) is 56.0 cm³/mol. The van der Waals surface area contributed by atoms with E-state index in [1.807, 2.05) is 30.5 Å². The monoisotopic (exact) mass is 204 g/mol. The predicted octanol–water partition coefficient (Wildman–Crippen LogP) is 1.37. The number of aliphatic hydroxyl groups is 1. The molecule has 1 aromatic heterocycles. The fraction of sp³-hybridized carbons (Fsp3) is 0.182. The van der Waals surface area contributed by atoms with Crippen molar-refractivity contribution in [2.45, 2.75) is 6.61 Å². The number of hydrogen-bond donors (Lipinski definition) is 1. The van der Waals surface area contributed by atoms with Crippen LogP contribution in [0.5, 0.6) is 5.75 Å². The molecule has 78 valence electrons. The highest BCUT2D eigenvalue weighted by molar-refractivity contribution is 5.44. The van der Waals surface area contributed by atoms with Crippen LogP contribution in [0.4, 0.5) is 0 Å². The SMILES string of the molecule is COc1cc(-n2cccn2)ccc1CO. The average molecular weight is 204 g/mol. The molecule has 0 amide bonds. The molecule has 1 N–H and O–H groups in total. The highest BCUT2D eigenvalue weighted by Gasteiger charge is 2.04. The Labute approximate surface area is 87.7 Å². The third-order valence-electron chi connectivity index (χ3n) is 2.21. The number of benzene rings is 1. The van der Waals surface area contributed by atoms with E-state index in [0.29, 0.717) is 5.75 Å². The van der Waals surface area contributed by atoms with E-state index in [-0.39, 0.29) is 6.61 Å². The molecule has 15 heavy (non-hydrogen) atoms. The van der Waals surface area contributed by atoms with Gasteiger partial charge in [-0.3, -0.25) is 0 Å². The third kappa shape index (κ3) is 1.85. The van der Waals surface area contributed by atoms with Crippen molar-refractivity contribution in [2.75, 3.05) is 7.11 Å². The smallest absolute Gasteiger partial charge is 0.126 e. The molecule has 0 aliphatic rings. The van der Waals surface area contributed by atoms with Crippen LogP contribution in [0.3, 0.4) is 0 Å². The van der Waals surface area contributed by atoms with E-state index in [0.717, 1.165) is 11.3 Å². The van der Waals surface area contributed by atoms with E-state index in [1.165, 1.54) is 0 Å². The van der Waals surface area contributed by atoms with Crippen LogP contribution in [0.2, 0.25) is 0 Å². The maximum atomic E-state index is 9.07. The van der Waals surface area contributed by atoms with Gasteiger partial charge in [0.2, 0.25) is 0 Å². The van der Waals surface area contributed by atoms with Gasteiger partial charge in [0.15, 0.2) is 0 Å². The molecular weight excluding hydrogens is 192 g/mol. The molecule has 1 aromatic carbocycles. The summed E-state index contributed by atoms with van der Waals surface area (Å²) in [5.74, 6) is 0.672. The van der Waals surface area contributed by atoms with E-state index in [1.54, 1.807) is 18.0 Å². The molecular formula is C11H12N2O2. The average Bonchev–Trinajstić information content (AvgIpc) is 2.81. The minimum absolute atomic E-state index is 0.0252. The second-order valence-corrected chi connectivity index (χ2v) is 3.10. The molecule has 0 aliphatic heterocycles. The van der Waals surface area contributed by atoms with Crippen molar-refractivity contribution in [1.82, 2.24) is 9.78 Å². The molecule has 0 unspecified atom stereocenters. The van der Waals surface area contributed by atoms with Gasteiger partial charge in [0.05, 0.1) is 19.4 Å². The molecule has 0 aliphatic carbocycles. The van der Waals surface area contributed by atoms with E-state index in [2.05, 4.69) is 5.10 Å². The van der Waals surface area contributed by atoms with E-state index < -0.39 is 0 Å². The van der Waals surface area contributed by atoms with Crippen molar-refractivity contribution in [3.63, 3.8) is 0 Å². The number of nitrogens with zero attached hydrogens (tertiary/aromatic N) is 2. The number of methoxy groups -OCH3 is 1. The first-order chi connectivity index (χ1) is 7.35. The second kappa shape index (κ2) is 4.14. The Morgan fingerprint density at radius 2 is 2.33 bits per heavy atom. The lowest BCUT2D eigenvalue weighted by Gasteiger charge is -2.08. The molecule has 0 saturated carbocycles. The number of aromatic nitrogens is 2. The Morgan fingerprint density at radius 1 is 1.47 bits per heavy atom. The zero-order chi connectivity index (χ0) is 10.7. The first-order valence-electron chi connectivity index (χ1n) is 4.63. The Balaban J connectivity index is 2.43. The molecule has 0 spiro atoms. The maximum absolute atomic E-state index is 9.07. The molecule has 0 radical (unpaired) electrons. The maximum Gasteiger partial charge on any atom is 0.126 e. The van der Waals surface area contributed by atoms with Gasteiger partial charge in [-0.25, -0.2) is 4.68 Å². The number of hydrogen-bond acceptors (Lipinski definition) is 3. The Kier molecular flexibility index (Phi) is 2.69. The molecule has 0 atom stereocenters. The molecule has 2 aromatic rings. The Hall–Kier alpha value is -1.81. The van der Waals surface area contributed by atoms with Crippen LogP contribution >= 0.6 is 0 Å². The van der Waals surface area contributed by atoms with Crippen molar-refractivity contribution in [3.8, 4) is 11.4 Å². The highest BCUT2D eigenvalue weighted by Crippen LogP contribution is 2.21. The summed E-state index contributed by atoms with van der Waals surface area (Å²) in [5, 5.41) is 13.2. The summed E-state index contributed by atoms with van der Waals surface area (Å²) in [4.78, 5) is 0. The Morgan fingerprint density at radius 3 is 2.93 bits per heavy atom. The van der Waals surface area contributed by atoms with Gasteiger partial charge >= 0.3 is 0 Å². The van der Waals surface area contributed by atoms with Crippen LogP contribution in [-0.2, 0) is 6.61 Å². The van der Waals surface area contributed by atoms with Gasteiger partial charge in [-0.05, 0) is 12.1 Å². The molecule has 4 nitrogen and oxygen atoms in total. The van der Waals surface area contributed by atoms with Crippen molar-refractivity contribution in [2.24, 2.45) is 0 Å². The lowest BCUT2D eigenvalue weighted by Crippen LogP contribution is -1.97. The largest absolute Gasteiger partial charge is 0.496 e. The van der Waals surface area contributed by atoms with E-state index >= 15 is 0 Å². The summed E-state index contributed by atoms with van der Waals surface area (Å²) in [6.45, 7) is -0.0252. The molecule has 0 bridgehead atoms. The second-order valence-electron chi connectivity index (χ2n) is 3.10. The van der Waals surface area contributed by atoms with Gasteiger partial charge in [-0.2, -0.15) is 5.10 Å². The molecule has 0 fully saturated rings. The lowest BCUT2D eigenvalue weighted by molar-refractivity contribution is 0.274. The first-order valence-corrected chi connectivity index (χ1v) is 4.63. The van der Waals surface area contributed by atoms with Crippen LogP contribution in [0.15, 0.2) is 36.7 Å². The van der Waals surface area contributed by atoms with Gasteiger partial charge in [0.25, 0.3) is 0 Å². The summed E-state index contributed by atoms with van der Waals surface area (Å²) < 4.78 is 6.91. The van der Waals surface area contributed by atoms with Crippen molar-refractivity contribution in [3.05, 3.63) is 42.2 Å². The zero-order valence-corrected chi connectivity index (χ0v) is 8.42. The van der Waals surface area contributed by atoms with Crippen molar-refractivity contribution >= 4 is 0 Å². The summed E-state index contributed by atoms with van der Waals surface area (Å²) in [5.41, 5.74) is 1.68. The highest BCUT2D eigenvalue weighted by atomic mass is 16.5. The minimum atomic E-state index is -0.0252. The van der Waals surface area contributed by atoms with Crippen LogP contribution in [0.1, 0.15) is 5.56 Å². The first kappa shape index (κ1) is 9.73. The Bertz CT molecular complexity index is 438. The summed E-state index contributed by atoms with van der Waals surface area (Å²) in [7, 11) is 1.58. The van der Waals surface area contributed by atoms with Gasteiger partial charge in [-0.1, -0.05) is 6.07 Å². The molecule has 0 saturated heterocycles. The van der Waals surface area contributed by atoms with Gasteiger partial charge in [0.1, 0.15) is 5.75 Å². The van der Waals surface area contributed by atoms with E-state index in [4.69, 9.17) is 9.84 Å². The third-order valence-corrected chi connectivity index (χ3v) is 2.21. The normalized spacial score (nSPS) is 10.3. The van der Waals surface area contributed by atoms with Gasteiger partial charge < -0.3 is 9.84 Å². The van der Waals surface area contributed by atoms with Crippen LogP contribution in [-0.4, -0.2) is 22.0 Å². The van der Waals surface area contributed by atoms with Gasteiger partial charge in [0, 0.05) is 24.0 Å². The zero-order valence-electron chi connectivity index (χ0n) is 8.42.